The molecule has 0 radical (unpaired) electrons. The van der Waals surface area contributed by atoms with Gasteiger partial charge in [0.1, 0.15) is 0 Å². The third-order valence-electron chi connectivity index (χ3n) is 3.22. The molecule has 0 unspecified atom stereocenters. The molecule has 0 spiro atoms. The lowest BCUT2D eigenvalue weighted by molar-refractivity contribution is -0.384. The minimum atomic E-state index is -5.08. The van der Waals surface area contributed by atoms with Crippen molar-refractivity contribution in [2.45, 2.75) is 18.9 Å². The van der Waals surface area contributed by atoms with Crippen molar-refractivity contribution in [1.29, 1.82) is 0 Å². The van der Waals surface area contributed by atoms with Gasteiger partial charge in [-0.25, -0.2) is 9.59 Å². The van der Waals surface area contributed by atoms with Gasteiger partial charge in [-0.3, -0.25) is 15.0 Å². The molecule has 1 aliphatic heterocycles. The highest BCUT2D eigenvalue weighted by molar-refractivity contribution is 5.73. The average molecular weight is 449 g/mol. The Morgan fingerprint density at radius 3 is 1.83 bits per heavy atom. The number of nitrogens with zero attached hydrogens (tertiary/aromatic N) is 2. The van der Waals surface area contributed by atoms with Gasteiger partial charge in [0.15, 0.2) is 0 Å². The molecular weight excluding hydrogens is 432 g/mol. The third kappa shape index (κ3) is 11.8. The Morgan fingerprint density at radius 1 is 1.03 bits per heavy atom. The number of alkyl halides is 6. The van der Waals surface area contributed by atoms with Crippen molar-refractivity contribution in [2.24, 2.45) is 0 Å². The summed E-state index contributed by atoms with van der Waals surface area (Å²) in [6.45, 7) is 4.79. The molecule has 0 aliphatic carbocycles. The summed E-state index contributed by atoms with van der Waals surface area (Å²) in [6.07, 6.45) is -10.2. The predicted octanol–water partition coefficient (Wildman–Crippen LogP) is 2.27. The second kappa shape index (κ2) is 11.9. The molecule has 30 heavy (non-hydrogen) atoms. The first-order chi connectivity index (χ1) is 13.6. The molecule has 170 valence electrons. The molecule has 2 rings (SSSR count). The number of carboxylic acid groups (broad SMARTS) is 2. The number of non-ortho nitro benzene ring substituents is 1. The number of carbonyl (C=O) groups is 2. The van der Waals surface area contributed by atoms with E-state index in [9.17, 15) is 36.5 Å². The molecule has 1 aromatic carbocycles. The van der Waals surface area contributed by atoms with Crippen molar-refractivity contribution in [2.75, 3.05) is 26.2 Å². The van der Waals surface area contributed by atoms with Crippen LogP contribution in [0.2, 0.25) is 0 Å². The van der Waals surface area contributed by atoms with E-state index in [0.717, 1.165) is 38.3 Å². The van der Waals surface area contributed by atoms with E-state index < -0.39 is 24.3 Å². The molecule has 1 aliphatic rings. The molecule has 1 aromatic rings. The Morgan fingerprint density at radius 2 is 1.47 bits per heavy atom. The monoisotopic (exact) mass is 449 g/mol. The molecular formula is C15H17F6N3O6. The summed E-state index contributed by atoms with van der Waals surface area (Å²) in [5.41, 5.74) is 1.18. The van der Waals surface area contributed by atoms with Crippen LogP contribution in [-0.2, 0) is 16.1 Å². The molecule has 15 heteroatoms. The smallest absolute Gasteiger partial charge is 0.475 e. The second-order valence-corrected chi connectivity index (χ2v) is 5.56. The number of benzene rings is 1. The Kier molecular flexibility index (Phi) is 10.7. The van der Waals surface area contributed by atoms with E-state index in [1.165, 1.54) is 6.07 Å². The summed E-state index contributed by atoms with van der Waals surface area (Å²) in [5.74, 6) is -5.51. The number of rotatable bonds is 3. The summed E-state index contributed by atoms with van der Waals surface area (Å²) >= 11 is 0. The largest absolute Gasteiger partial charge is 0.490 e. The van der Waals surface area contributed by atoms with Gasteiger partial charge in [0, 0.05) is 44.9 Å². The lowest BCUT2D eigenvalue weighted by Crippen LogP contribution is -2.42. The fraction of sp³-hybridized carbons (Fsp3) is 0.467. The summed E-state index contributed by atoms with van der Waals surface area (Å²) in [7, 11) is 0. The Balaban J connectivity index is 0.000000503. The minimum absolute atomic E-state index is 0.174. The number of nitrogens with one attached hydrogen (secondary N) is 1. The lowest BCUT2D eigenvalue weighted by Gasteiger charge is -2.27. The molecule has 0 bridgehead atoms. The average Bonchev–Trinajstić information content (AvgIpc) is 2.62. The molecule has 1 saturated heterocycles. The van der Waals surface area contributed by atoms with E-state index >= 15 is 0 Å². The second-order valence-electron chi connectivity index (χ2n) is 5.56. The van der Waals surface area contributed by atoms with Gasteiger partial charge in [0.2, 0.25) is 0 Å². The van der Waals surface area contributed by atoms with Crippen LogP contribution in [-0.4, -0.2) is 70.5 Å². The van der Waals surface area contributed by atoms with Crippen molar-refractivity contribution in [3.8, 4) is 0 Å². The van der Waals surface area contributed by atoms with Crippen molar-refractivity contribution in [3.63, 3.8) is 0 Å². The van der Waals surface area contributed by atoms with E-state index in [4.69, 9.17) is 19.8 Å². The summed E-state index contributed by atoms with van der Waals surface area (Å²) in [6, 6.07) is 6.87. The maximum Gasteiger partial charge on any atom is 0.490 e. The molecule has 0 atom stereocenters. The highest BCUT2D eigenvalue weighted by Crippen LogP contribution is 2.15. The van der Waals surface area contributed by atoms with E-state index in [2.05, 4.69) is 10.2 Å². The number of piperazine rings is 1. The Hall–Kier alpha value is -2.94. The normalized spacial score (nSPS) is 14.5. The minimum Gasteiger partial charge on any atom is -0.475 e. The molecule has 0 saturated carbocycles. The molecule has 1 heterocycles. The third-order valence-corrected chi connectivity index (χ3v) is 3.22. The number of carboxylic acids is 2. The Labute approximate surface area is 165 Å². The summed E-state index contributed by atoms with van der Waals surface area (Å²) in [4.78, 5) is 30.4. The van der Waals surface area contributed by atoms with E-state index in [1.54, 1.807) is 12.1 Å². The van der Waals surface area contributed by atoms with Gasteiger partial charge >= 0.3 is 24.3 Å². The standard InChI is InChI=1S/C11H15N3O2.2C2HF3O2/c15-14(16)11-3-1-2-10(8-11)9-13-6-4-12-5-7-13;2*3-2(4,5)1(6)7/h1-3,8,12H,4-7,9H2;2*(H,6,7). The first-order valence-electron chi connectivity index (χ1n) is 7.91. The van der Waals surface area contributed by atoms with Crippen LogP contribution in [0.15, 0.2) is 24.3 Å². The van der Waals surface area contributed by atoms with Crippen LogP contribution >= 0.6 is 0 Å². The number of nitro benzene ring substituents is 1. The SMILES string of the molecule is O=C(O)C(F)(F)F.O=C(O)C(F)(F)F.O=[N+]([O-])c1cccc(CN2CCNCC2)c1. The van der Waals surface area contributed by atoms with Crippen LogP contribution in [0.3, 0.4) is 0 Å². The Bertz CT molecular complexity index is 696. The van der Waals surface area contributed by atoms with Crippen LogP contribution in [0, 0.1) is 10.1 Å². The summed E-state index contributed by atoms with van der Waals surface area (Å²) < 4.78 is 63.5. The fourth-order valence-corrected chi connectivity index (χ4v) is 1.90. The maximum atomic E-state index is 10.6. The van der Waals surface area contributed by atoms with Gasteiger partial charge in [0.25, 0.3) is 5.69 Å². The van der Waals surface area contributed by atoms with Gasteiger partial charge in [0.05, 0.1) is 4.92 Å². The number of hydrogen-bond donors (Lipinski definition) is 3. The highest BCUT2D eigenvalue weighted by Gasteiger charge is 2.38. The number of aliphatic carboxylic acids is 2. The fourth-order valence-electron chi connectivity index (χ4n) is 1.90. The van der Waals surface area contributed by atoms with Crippen LogP contribution in [0.4, 0.5) is 32.0 Å². The van der Waals surface area contributed by atoms with Crippen LogP contribution in [0.1, 0.15) is 5.56 Å². The van der Waals surface area contributed by atoms with E-state index in [1.807, 2.05) is 6.07 Å². The zero-order valence-electron chi connectivity index (χ0n) is 15.0. The highest BCUT2D eigenvalue weighted by atomic mass is 19.4. The van der Waals surface area contributed by atoms with Crippen molar-refractivity contribution in [3.05, 3.63) is 39.9 Å². The molecule has 0 amide bonds. The quantitative estimate of drug-likeness (QED) is 0.364. The first kappa shape index (κ1) is 27.1. The zero-order chi connectivity index (χ0) is 23.5. The molecule has 9 nitrogen and oxygen atoms in total. The van der Waals surface area contributed by atoms with Crippen molar-refractivity contribution >= 4 is 17.6 Å². The lowest BCUT2D eigenvalue weighted by atomic mass is 10.2. The van der Waals surface area contributed by atoms with Gasteiger partial charge in [-0.15, -0.1) is 0 Å². The van der Waals surface area contributed by atoms with Gasteiger partial charge in [-0.2, -0.15) is 26.3 Å². The van der Waals surface area contributed by atoms with E-state index in [0.29, 0.717) is 0 Å². The number of halogens is 6. The number of hydrogen-bond acceptors (Lipinski definition) is 6. The summed E-state index contributed by atoms with van der Waals surface area (Å²) in [5, 5.41) is 28.2. The van der Waals surface area contributed by atoms with Gasteiger partial charge in [-0.05, 0) is 5.56 Å². The van der Waals surface area contributed by atoms with Crippen LogP contribution < -0.4 is 5.32 Å². The van der Waals surface area contributed by atoms with Crippen molar-refractivity contribution < 1.29 is 51.1 Å². The molecule has 1 fully saturated rings. The van der Waals surface area contributed by atoms with Crippen LogP contribution in [0.5, 0.6) is 0 Å². The van der Waals surface area contributed by atoms with E-state index in [-0.39, 0.29) is 10.6 Å². The predicted molar refractivity (Wildman–Crippen MR) is 88.6 cm³/mol. The maximum absolute atomic E-state index is 10.6. The molecule has 0 aromatic heterocycles. The van der Waals surface area contributed by atoms with Crippen LogP contribution in [0.25, 0.3) is 0 Å². The first-order valence-corrected chi connectivity index (χ1v) is 7.91. The zero-order valence-corrected chi connectivity index (χ0v) is 15.0. The van der Waals surface area contributed by atoms with Gasteiger partial charge < -0.3 is 15.5 Å². The topological polar surface area (TPSA) is 133 Å². The van der Waals surface area contributed by atoms with Crippen molar-refractivity contribution in [1.82, 2.24) is 10.2 Å². The molecule has 3 N–H and O–H groups in total. The van der Waals surface area contributed by atoms with Gasteiger partial charge in [-0.1, -0.05) is 12.1 Å². The number of nitro groups is 1.